The quantitative estimate of drug-likeness (QED) is 0.465. The summed E-state index contributed by atoms with van der Waals surface area (Å²) in [6.07, 6.45) is 0. The van der Waals surface area contributed by atoms with Gasteiger partial charge in [-0.2, -0.15) is 0 Å². The van der Waals surface area contributed by atoms with Crippen LogP contribution in [0.2, 0.25) is 0 Å². The Balaban J connectivity index is 1.71. The van der Waals surface area contributed by atoms with Crippen LogP contribution in [0.3, 0.4) is 0 Å². The number of rotatable bonds is 4. The van der Waals surface area contributed by atoms with Crippen molar-refractivity contribution in [1.29, 1.82) is 0 Å². The number of nitrogens with zero attached hydrogens (tertiary/aromatic N) is 2. The van der Waals surface area contributed by atoms with Gasteiger partial charge in [0.15, 0.2) is 0 Å². The molecule has 0 aromatic heterocycles. The van der Waals surface area contributed by atoms with Gasteiger partial charge in [0, 0.05) is 16.6 Å². The standard InChI is InChI=1S/C21H17BrN2O3S2/c1-3-23-16-9-6-13(22)10-15(16)17(19(23)25)18-20(26)24(21(28)29-18)11-12-4-7-14(27-2)8-5-12/h4-10H,3,11H2,1-2H3/b18-17+. The number of halogens is 1. The molecule has 0 atom stereocenters. The molecule has 2 aliphatic heterocycles. The molecule has 2 aliphatic rings. The Morgan fingerprint density at radius 1 is 1.07 bits per heavy atom. The van der Waals surface area contributed by atoms with Crippen molar-refractivity contribution in [2.24, 2.45) is 0 Å². The first-order valence-corrected chi connectivity index (χ1v) is 11.0. The number of methoxy groups -OCH3 is 1. The van der Waals surface area contributed by atoms with E-state index in [9.17, 15) is 9.59 Å². The minimum Gasteiger partial charge on any atom is -0.497 e. The van der Waals surface area contributed by atoms with Crippen molar-refractivity contribution in [1.82, 2.24) is 4.90 Å². The summed E-state index contributed by atoms with van der Waals surface area (Å²) in [6, 6.07) is 13.2. The Hall–Kier alpha value is -2.16. The first kappa shape index (κ1) is 20.1. The summed E-state index contributed by atoms with van der Waals surface area (Å²) in [4.78, 5) is 29.9. The summed E-state index contributed by atoms with van der Waals surface area (Å²) in [7, 11) is 1.61. The van der Waals surface area contributed by atoms with Gasteiger partial charge in [-0.1, -0.05) is 52.0 Å². The van der Waals surface area contributed by atoms with Crippen LogP contribution >= 0.6 is 39.9 Å². The van der Waals surface area contributed by atoms with E-state index in [1.807, 2.05) is 49.4 Å². The van der Waals surface area contributed by atoms with Crippen LogP contribution in [-0.2, 0) is 16.1 Å². The van der Waals surface area contributed by atoms with Gasteiger partial charge in [0.05, 0.1) is 29.8 Å². The Kier molecular flexibility index (Phi) is 5.50. The molecule has 0 N–H and O–H groups in total. The smallest absolute Gasteiger partial charge is 0.267 e. The third kappa shape index (κ3) is 3.49. The third-order valence-electron chi connectivity index (χ3n) is 4.87. The van der Waals surface area contributed by atoms with Gasteiger partial charge in [-0.15, -0.1) is 0 Å². The molecule has 0 spiro atoms. The van der Waals surface area contributed by atoms with Crippen molar-refractivity contribution in [3.05, 3.63) is 63.0 Å². The fourth-order valence-electron chi connectivity index (χ4n) is 3.44. The Bertz CT molecular complexity index is 1070. The van der Waals surface area contributed by atoms with E-state index >= 15 is 0 Å². The zero-order valence-corrected chi connectivity index (χ0v) is 19.0. The maximum Gasteiger partial charge on any atom is 0.267 e. The molecule has 5 nitrogen and oxygen atoms in total. The van der Waals surface area contributed by atoms with Gasteiger partial charge < -0.3 is 9.64 Å². The Labute approximate surface area is 186 Å². The highest BCUT2D eigenvalue weighted by molar-refractivity contribution is 9.10. The van der Waals surface area contributed by atoms with Crippen LogP contribution < -0.4 is 9.64 Å². The molecule has 1 fully saturated rings. The summed E-state index contributed by atoms with van der Waals surface area (Å²) >= 11 is 10.1. The molecule has 2 heterocycles. The maximum atomic E-state index is 13.2. The molecule has 4 rings (SSSR count). The lowest BCUT2D eigenvalue weighted by Crippen LogP contribution is -2.29. The van der Waals surface area contributed by atoms with E-state index in [1.54, 1.807) is 16.9 Å². The second-order valence-electron chi connectivity index (χ2n) is 6.52. The fourth-order valence-corrected chi connectivity index (χ4v) is 5.12. The molecule has 2 amide bonds. The maximum absolute atomic E-state index is 13.2. The number of ether oxygens (including phenoxy) is 1. The molecule has 2 aromatic rings. The molecule has 0 aliphatic carbocycles. The topological polar surface area (TPSA) is 49.9 Å². The van der Waals surface area contributed by atoms with E-state index in [2.05, 4.69) is 15.9 Å². The van der Waals surface area contributed by atoms with E-state index in [0.717, 1.165) is 27.0 Å². The van der Waals surface area contributed by atoms with Crippen molar-refractivity contribution in [2.45, 2.75) is 13.5 Å². The van der Waals surface area contributed by atoms with Crippen LogP contribution in [0.4, 0.5) is 5.69 Å². The van der Waals surface area contributed by atoms with Gasteiger partial charge in [0.2, 0.25) is 0 Å². The van der Waals surface area contributed by atoms with E-state index in [0.29, 0.717) is 27.9 Å². The van der Waals surface area contributed by atoms with Crippen LogP contribution in [-0.4, -0.2) is 34.7 Å². The number of anilines is 1. The van der Waals surface area contributed by atoms with Gasteiger partial charge in [0.25, 0.3) is 11.8 Å². The summed E-state index contributed by atoms with van der Waals surface area (Å²) in [6.45, 7) is 2.80. The van der Waals surface area contributed by atoms with Crippen LogP contribution in [0.25, 0.3) is 5.57 Å². The minimum atomic E-state index is -0.233. The number of carbonyl (C=O) groups excluding carboxylic acids is 2. The molecule has 29 heavy (non-hydrogen) atoms. The number of benzene rings is 2. The molecule has 148 valence electrons. The van der Waals surface area contributed by atoms with Crippen molar-refractivity contribution in [3.8, 4) is 5.75 Å². The first-order chi connectivity index (χ1) is 13.9. The number of carbonyl (C=O) groups is 2. The number of hydrogen-bond acceptors (Lipinski definition) is 5. The molecule has 0 unspecified atom stereocenters. The van der Waals surface area contributed by atoms with Crippen molar-refractivity contribution in [2.75, 3.05) is 18.6 Å². The molecular weight excluding hydrogens is 472 g/mol. The zero-order chi connectivity index (χ0) is 20.7. The summed E-state index contributed by atoms with van der Waals surface area (Å²) in [5.74, 6) is 0.355. The third-order valence-corrected chi connectivity index (χ3v) is 6.81. The second-order valence-corrected chi connectivity index (χ2v) is 9.08. The highest BCUT2D eigenvalue weighted by atomic mass is 79.9. The normalized spacial score (nSPS) is 18.7. The molecule has 8 heteroatoms. The van der Waals surface area contributed by atoms with Crippen molar-refractivity contribution in [3.63, 3.8) is 0 Å². The minimum absolute atomic E-state index is 0.162. The number of hydrogen-bond donors (Lipinski definition) is 0. The molecule has 0 radical (unpaired) electrons. The van der Waals surface area contributed by atoms with Crippen LogP contribution in [0.1, 0.15) is 18.1 Å². The second kappa shape index (κ2) is 7.93. The molecule has 1 saturated heterocycles. The van der Waals surface area contributed by atoms with E-state index < -0.39 is 0 Å². The van der Waals surface area contributed by atoms with Gasteiger partial charge in [-0.3, -0.25) is 14.5 Å². The number of fused-ring (bicyclic) bond motifs is 1. The van der Waals surface area contributed by atoms with Crippen LogP contribution in [0.5, 0.6) is 5.75 Å². The molecular formula is C21H17BrN2O3S2. The van der Waals surface area contributed by atoms with Crippen molar-refractivity contribution < 1.29 is 14.3 Å². The lowest BCUT2D eigenvalue weighted by molar-refractivity contribution is -0.122. The lowest BCUT2D eigenvalue weighted by atomic mass is 10.1. The average Bonchev–Trinajstić information content (AvgIpc) is 3.14. The average molecular weight is 489 g/mol. The number of amides is 2. The molecule has 0 saturated carbocycles. The van der Waals surface area contributed by atoms with E-state index in [-0.39, 0.29) is 11.8 Å². The largest absolute Gasteiger partial charge is 0.497 e. The zero-order valence-electron chi connectivity index (χ0n) is 15.8. The monoisotopic (exact) mass is 488 g/mol. The molecule has 2 aromatic carbocycles. The van der Waals surface area contributed by atoms with E-state index in [4.69, 9.17) is 17.0 Å². The number of thiocarbonyl (C=S) groups is 1. The fraction of sp³-hybridized carbons (Fsp3) is 0.190. The number of likely N-dealkylation sites (N-methyl/N-ethyl adjacent to an activating group) is 1. The molecule has 0 bridgehead atoms. The summed E-state index contributed by atoms with van der Waals surface area (Å²) in [5, 5.41) is 0. The predicted octanol–water partition coefficient (Wildman–Crippen LogP) is 4.60. The van der Waals surface area contributed by atoms with Gasteiger partial charge in [-0.25, -0.2) is 0 Å². The van der Waals surface area contributed by atoms with Gasteiger partial charge in [-0.05, 0) is 42.8 Å². The first-order valence-electron chi connectivity index (χ1n) is 8.97. The highest BCUT2D eigenvalue weighted by Crippen LogP contribution is 2.45. The van der Waals surface area contributed by atoms with Gasteiger partial charge in [0.1, 0.15) is 10.1 Å². The highest BCUT2D eigenvalue weighted by Gasteiger charge is 2.41. The Morgan fingerprint density at radius 2 is 1.79 bits per heavy atom. The van der Waals surface area contributed by atoms with Crippen molar-refractivity contribution >= 4 is 67.3 Å². The lowest BCUT2D eigenvalue weighted by Gasteiger charge is -2.15. The summed E-state index contributed by atoms with van der Waals surface area (Å²) < 4.78 is 6.48. The number of thioether (sulfide) groups is 1. The Morgan fingerprint density at radius 3 is 2.45 bits per heavy atom. The van der Waals surface area contributed by atoms with Crippen LogP contribution in [0, 0.1) is 0 Å². The van der Waals surface area contributed by atoms with Crippen LogP contribution in [0.15, 0.2) is 51.8 Å². The SMILES string of the molecule is CCN1C(=O)/C(=C2/SC(=S)N(Cc3ccc(OC)cc3)C2=O)c2cc(Br)ccc21. The van der Waals surface area contributed by atoms with Gasteiger partial charge >= 0.3 is 0 Å². The predicted molar refractivity (Wildman–Crippen MR) is 123 cm³/mol. The summed E-state index contributed by atoms with van der Waals surface area (Å²) in [5.41, 5.74) is 2.94. The van der Waals surface area contributed by atoms with E-state index in [1.165, 1.54) is 11.8 Å².